The molecule has 3 nitrogen and oxygen atoms in total. The van der Waals surface area contributed by atoms with Crippen LogP contribution in [0.4, 0.5) is 8.78 Å². The summed E-state index contributed by atoms with van der Waals surface area (Å²) in [6.07, 6.45) is 1.54. The van der Waals surface area contributed by atoms with Crippen molar-refractivity contribution in [3.05, 3.63) is 40.3 Å². The van der Waals surface area contributed by atoms with E-state index < -0.39 is 12.2 Å². The van der Waals surface area contributed by atoms with Crippen LogP contribution in [0.2, 0.25) is 0 Å². The summed E-state index contributed by atoms with van der Waals surface area (Å²) in [6, 6.07) is 4.62. The van der Waals surface area contributed by atoms with Crippen molar-refractivity contribution in [2.75, 3.05) is 0 Å². The Morgan fingerprint density at radius 3 is 2.81 bits per heavy atom. The molecule has 0 aliphatic rings. The second-order valence-corrected chi connectivity index (χ2v) is 3.36. The molecular formula is C11H9F2NO2. The molecule has 0 radical (unpaired) electrons. The quantitative estimate of drug-likeness (QED) is 0.852. The smallest absolute Gasteiger partial charge is 0.387 e. The fourth-order valence-electron chi connectivity index (χ4n) is 1.61. The maximum absolute atomic E-state index is 12.1. The number of H-pyrrole nitrogens is 1. The number of pyridine rings is 1. The van der Waals surface area contributed by atoms with Gasteiger partial charge in [-0.3, -0.25) is 4.79 Å². The number of hydrogen-bond acceptors (Lipinski definition) is 2. The molecule has 16 heavy (non-hydrogen) atoms. The standard InChI is InChI=1S/C11H9F2NO2/c1-6-5-14-10(15)9-7(6)3-2-4-8(9)16-11(12)13/h2-5,11H,1H3,(H,14,15). The lowest BCUT2D eigenvalue weighted by Gasteiger charge is -2.08. The molecular weight excluding hydrogens is 216 g/mol. The van der Waals surface area contributed by atoms with Crippen LogP contribution in [-0.2, 0) is 0 Å². The van der Waals surface area contributed by atoms with Crippen LogP contribution in [0.1, 0.15) is 5.56 Å². The second-order valence-electron chi connectivity index (χ2n) is 3.36. The van der Waals surface area contributed by atoms with Gasteiger partial charge in [0.05, 0.1) is 5.39 Å². The molecule has 1 heterocycles. The summed E-state index contributed by atoms with van der Waals surface area (Å²) in [6.45, 7) is -1.16. The van der Waals surface area contributed by atoms with Crippen molar-refractivity contribution in [1.82, 2.24) is 4.98 Å². The first-order valence-electron chi connectivity index (χ1n) is 4.65. The topological polar surface area (TPSA) is 42.1 Å². The highest BCUT2D eigenvalue weighted by Crippen LogP contribution is 2.25. The molecule has 1 aromatic heterocycles. The number of fused-ring (bicyclic) bond motifs is 1. The van der Waals surface area contributed by atoms with Crippen LogP contribution in [0.25, 0.3) is 10.8 Å². The van der Waals surface area contributed by atoms with Gasteiger partial charge in [0, 0.05) is 6.20 Å². The van der Waals surface area contributed by atoms with Crippen LogP contribution in [0.3, 0.4) is 0 Å². The van der Waals surface area contributed by atoms with Gasteiger partial charge >= 0.3 is 6.61 Å². The maximum Gasteiger partial charge on any atom is 0.387 e. The summed E-state index contributed by atoms with van der Waals surface area (Å²) >= 11 is 0. The van der Waals surface area contributed by atoms with Crippen LogP contribution in [0, 0.1) is 6.92 Å². The average molecular weight is 225 g/mol. The molecule has 84 valence electrons. The van der Waals surface area contributed by atoms with Gasteiger partial charge in [-0.05, 0) is 23.9 Å². The van der Waals surface area contributed by atoms with Gasteiger partial charge in [0.25, 0.3) is 5.56 Å². The minimum atomic E-state index is -2.94. The van der Waals surface area contributed by atoms with E-state index in [2.05, 4.69) is 9.72 Å². The molecule has 0 fully saturated rings. The van der Waals surface area contributed by atoms with Gasteiger partial charge < -0.3 is 9.72 Å². The summed E-state index contributed by atoms with van der Waals surface area (Å²) < 4.78 is 28.6. The zero-order valence-corrected chi connectivity index (χ0v) is 8.46. The van der Waals surface area contributed by atoms with Crippen molar-refractivity contribution in [3.8, 4) is 5.75 Å². The molecule has 2 rings (SSSR count). The molecule has 2 aromatic rings. The van der Waals surface area contributed by atoms with E-state index in [1.807, 2.05) is 0 Å². The van der Waals surface area contributed by atoms with Crippen molar-refractivity contribution in [3.63, 3.8) is 0 Å². The molecule has 0 atom stereocenters. The molecule has 0 aliphatic carbocycles. The predicted octanol–water partition coefficient (Wildman–Crippen LogP) is 2.44. The first kappa shape index (κ1) is 10.6. The van der Waals surface area contributed by atoms with Crippen LogP contribution < -0.4 is 10.3 Å². The van der Waals surface area contributed by atoms with Gasteiger partial charge in [-0.15, -0.1) is 0 Å². The first-order valence-corrected chi connectivity index (χ1v) is 4.65. The van der Waals surface area contributed by atoms with Crippen molar-refractivity contribution in [2.24, 2.45) is 0 Å². The monoisotopic (exact) mass is 225 g/mol. The third kappa shape index (κ3) is 1.76. The lowest BCUT2D eigenvalue weighted by molar-refractivity contribution is -0.0488. The zero-order chi connectivity index (χ0) is 11.7. The van der Waals surface area contributed by atoms with Crippen molar-refractivity contribution < 1.29 is 13.5 Å². The fraction of sp³-hybridized carbons (Fsp3) is 0.182. The summed E-state index contributed by atoms with van der Waals surface area (Å²) in [5, 5.41) is 0.768. The van der Waals surface area contributed by atoms with E-state index >= 15 is 0 Å². The van der Waals surface area contributed by atoms with Crippen molar-refractivity contribution in [2.45, 2.75) is 13.5 Å². The van der Waals surface area contributed by atoms with Crippen LogP contribution in [-0.4, -0.2) is 11.6 Å². The largest absolute Gasteiger partial charge is 0.434 e. The third-order valence-corrected chi connectivity index (χ3v) is 2.31. The van der Waals surface area contributed by atoms with Crippen LogP contribution >= 0.6 is 0 Å². The lowest BCUT2D eigenvalue weighted by atomic mass is 10.1. The molecule has 0 saturated heterocycles. The minimum absolute atomic E-state index is 0.0996. The Hall–Kier alpha value is -1.91. The van der Waals surface area contributed by atoms with Gasteiger partial charge in [-0.1, -0.05) is 12.1 Å². The SMILES string of the molecule is Cc1c[nH]c(=O)c2c(OC(F)F)cccc12. The summed E-state index contributed by atoms with van der Waals surface area (Å²) in [4.78, 5) is 14.0. The number of hydrogen-bond donors (Lipinski definition) is 1. The van der Waals surface area contributed by atoms with E-state index in [4.69, 9.17) is 0 Å². The highest BCUT2D eigenvalue weighted by atomic mass is 19.3. The number of aromatic nitrogens is 1. The highest BCUT2D eigenvalue weighted by Gasteiger charge is 2.11. The maximum atomic E-state index is 12.1. The lowest BCUT2D eigenvalue weighted by Crippen LogP contribution is -2.10. The predicted molar refractivity (Wildman–Crippen MR) is 55.9 cm³/mol. The van der Waals surface area contributed by atoms with Crippen molar-refractivity contribution >= 4 is 10.8 Å². The number of halogens is 2. The average Bonchev–Trinajstić information content (AvgIpc) is 2.23. The van der Waals surface area contributed by atoms with Gasteiger partial charge in [-0.2, -0.15) is 8.78 Å². The second kappa shape index (κ2) is 3.92. The number of nitrogens with one attached hydrogen (secondary N) is 1. The molecule has 0 amide bonds. The van der Waals surface area contributed by atoms with Gasteiger partial charge in [0.2, 0.25) is 0 Å². The number of alkyl halides is 2. The first-order chi connectivity index (χ1) is 7.59. The van der Waals surface area contributed by atoms with E-state index in [0.29, 0.717) is 5.39 Å². The molecule has 0 saturated carbocycles. The molecule has 0 aliphatic heterocycles. The van der Waals surface area contributed by atoms with E-state index in [1.165, 1.54) is 12.3 Å². The Bertz CT molecular complexity index is 578. The fourth-order valence-corrected chi connectivity index (χ4v) is 1.61. The molecule has 0 bridgehead atoms. The van der Waals surface area contributed by atoms with Crippen LogP contribution in [0.15, 0.2) is 29.2 Å². The summed E-state index contributed by atoms with van der Waals surface area (Å²) in [7, 11) is 0. The Balaban J connectivity index is 2.76. The zero-order valence-electron chi connectivity index (χ0n) is 8.46. The minimum Gasteiger partial charge on any atom is -0.434 e. The van der Waals surface area contributed by atoms with E-state index in [9.17, 15) is 13.6 Å². The number of aromatic amines is 1. The molecule has 0 spiro atoms. The Morgan fingerprint density at radius 1 is 1.38 bits per heavy atom. The molecule has 5 heteroatoms. The van der Waals surface area contributed by atoms with Crippen LogP contribution in [0.5, 0.6) is 5.75 Å². The Morgan fingerprint density at radius 2 is 2.12 bits per heavy atom. The molecule has 1 aromatic carbocycles. The van der Waals surface area contributed by atoms with E-state index in [-0.39, 0.29) is 11.1 Å². The summed E-state index contributed by atoms with van der Waals surface area (Å²) in [5.41, 5.74) is 0.367. The number of benzene rings is 1. The normalized spacial score (nSPS) is 11.0. The molecule has 1 N–H and O–H groups in total. The van der Waals surface area contributed by atoms with Gasteiger partial charge in [0.1, 0.15) is 5.75 Å². The van der Waals surface area contributed by atoms with E-state index in [1.54, 1.807) is 19.1 Å². The van der Waals surface area contributed by atoms with E-state index in [0.717, 1.165) is 5.56 Å². The Kier molecular flexibility index (Phi) is 2.60. The number of ether oxygens (including phenoxy) is 1. The summed E-state index contributed by atoms with van der Waals surface area (Å²) in [5.74, 6) is -0.0996. The number of aryl methyl sites for hydroxylation is 1. The number of rotatable bonds is 2. The molecule has 0 unspecified atom stereocenters. The Labute approximate surface area is 89.7 Å². The highest BCUT2D eigenvalue weighted by molar-refractivity contribution is 5.89. The van der Waals surface area contributed by atoms with Crippen molar-refractivity contribution in [1.29, 1.82) is 0 Å². The van der Waals surface area contributed by atoms with Gasteiger partial charge in [0.15, 0.2) is 0 Å². The van der Waals surface area contributed by atoms with Gasteiger partial charge in [-0.25, -0.2) is 0 Å². The third-order valence-electron chi connectivity index (χ3n) is 2.31.